The maximum atomic E-state index is 12.7. The second kappa shape index (κ2) is 13.8. The number of primary amides is 1. The maximum absolute atomic E-state index is 12.7. The van der Waals surface area contributed by atoms with Crippen molar-refractivity contribution in [3.05, 3.63) is 0 Å². The Kier molecular flexibility index (Phi) is 12.8. The van der Waals surface area contributed by atoms with E-state index in [1.165, 1.54) is 6.92 Å². The van der Waals surface area contributed by atoms with E-state index >= 15 is 0 Å². The van der Waals surface area contributed by atoms with E-state index in [2.05, 4.69) is 28.6 Å². The lowest BCUT2D eigenvalue weighted by Crippen LogP contribution is -2.61. The van der Waals surface area contributed by atoms with Crippen molar-refractivity contribution >= 4 is 42.2 Å². The Bertz CT molecular complexity index is 661. The van der Waals surface area contributed by atoms with E-state index in [0.29, 0.717) is 6.42 Å². The number of aliphatic carboxylic acids is 1. The molecule has 0 saturated carbocycles. The summed E-state index contributed by atoms with van der Waals surface area (Å²) in [6.07, 6.45) is -1.32. The monoisotopic (exact) mass is 463 g/mol. The van der Waals surface area contributed by atoms with Crippen LogP contribution < -0.4 is 27.4 Å². The summed E-state index contributed by atoms with van der Waals surface area (Å²) in [6.45, 7) is 4.70. The number of rotatable bonds is 14. The number of hydrogen-bond donors (Lipinski definition) is 8. The molecule has 178 valence electrons. The molecule has 0 aromatic heterocycles. The van der Waals surface area contributed by atoms with Crippen LogP contribution in [0.2, 0.25) is 0 Å². The second-order valence-electron chi connectivity index (χ2n) is 7.29. The molecule has 0 heterocycles. The van der Waals surface area contributed by atoms with Gasteiger partial charge >= 0.3 is 5.97 Å². The topological polar surface area (TPSA) is 214 Å². The Morgan fingerprint density at radius 3 is 1.90 bits per heavy atom. The van der Waals surface area contributed by atoms with Crippen LogP contribution in [0.25, 0.3) is 0 Å². The van der Waals surface area contributed by atoms with Gasteiger partial charge in [-0.1, -0.05) is 20.3 Å². The summed E-state index contributed by atoms with van der Waals surface area (Å²) < 4.78 is 0. The summed E-state index contributed by atoms with van der Waals surface area (Å²) in [4.78, 5) is 59.7. The smallest absolute Gasteiger partial charge is 0.326 e. The molecule has 6 atom stereocenters. The zero-order valence-electron chi connectivity index (χ0n) is 17.8. The summed E-state index contributed by atoms with van der Waals surface area (Å²) in [5, 5.41) is 26.2. The molecule has 4 amide bonds. The number of thiol groups is 1. The van der Waals surface area contributed by atoms with Crippen molar-refractivity contribution in [2.45, 2.75) is 70.3 Å². The SMILES string of the molecule is CCC(C)C(NC(=O)C(NC(=O)C(N)CS)C(C)O)C(=O)NC(CCC(N)=O)C(=O)O. The highest BCUT2D eigenvalue weighted by Crippen LogP contribution is 2.10. The molecule has 9 N–H and O–H groups in total. The molecule has 0 saturated heterocycles. The Hall–Kier alpha value is -2.38. The van der Waals surface area contributed by atoms with Gasteiger partial charge in [-0.3, -0.25) is 19.2 Å². The van der Waals surface area contributed by atoms with Gasteiger partial charge in [-0.15, -0.1) is 0 Å². The molecule has 31 heavy (non-hydrogen) atoms. The molecule has 12 nitrogen and oxygen atoms in total. The molecule has 0 fully saturated rings. The van der Waals surface area contributed by atoms with Gasteiger partial charge in [0.1, 0.15) is 18.1 Å². The molecule has 0 aliphatic heterocycles. The van der Waals surface area contributed by atoms with E-state index in [1.54, 1.807) is 13.8 Å². The number of aliphatic hydroxyl groups is 1. The minimum Gasteiger partial charge on any atom is -0.480 e. The number of nitrogens with two attached hydrogens (primary N) is 2. The minimum absolute atomic E-state index is 0.0137. The molecule has 0 aromatic carbocycles. The van der Waals surface area contributed by atoms with Crippen LogP contribution in [0, 0.1) is 5.92 Å². The number of nitrogens with one attached hydrogen (secondary N) is 3. The number of aliphatic hydroxyl groups excluding tert-OH is 1. The average Bonchev–Trinajstić information content (AvgIpc) is 2.70. The standard InChI is InChI=1S/C18H33N5O7S/c1-4-8(2)13(16(27)21-11(18(29)30)5-6-12(20)25)22-17(28)14(9(3)24)23-15(26)10(19)7-31/h8-11,13-14,24,31H,4-7,19H2,1-3H3,(H2,20,25)(H,21,27)(H,22,28)(H,23,26)(H,29,30). The van der Waals surface area contributed by atoms with Gasteiger partial charge in [-0.05, 0) is 19.3 Å². The summed E-state index contributed by atoms with van der Waals surface area (Å²) in [6, 6.07) is -4.95. The van der Waals surface area contributed by atoms with Gasteiger partial charge < -0.3 is 37.6 Å². The first kappa shape index (κ1) is 28.6. The maximum Gasteiger partial charge on any atom is 0.326 e. The normalized spacial score (nSPS) is 16.7. The predicted molar refractivity (Wildman–Crippen MR) is 115 cm³/mol. The molecule has 0 bridgehead atoms. The van der Waals surface area contributed by atoms with Gasteiger partial charge in [0.25, 0.3) is 0 Å². The second-order valence-corrected chi connectivity index (χ2v) is 7.66. The third-order valence-electron chi connectivity index (χ3n) is 4.68. The van der Waals surface area contributed by atoms with Gasteiger partial charge in [0.15, 0.2) is 0 Å². The van der Waals surface area contributed by atoms with Gasteiger partial charge in [0, 0.05) is 12.2 Å². The van der Waals surface area contributed by atoms with Crippen LogP contribution in [-0.2, 0) is 24.0 Å². The quantitative estimate of drug-likeness (QED) is 0.128. The summed E-state index contributed by atoms with van der Waals surface area (Å²) in [5.74, 6) is -4.83. The van der Waals surface area contributed by atoms with Crippen LogP contribution in [-0.4, -0.2) is 75.8 Å². The molecular formula is C18H33N5O7S. The number of carbonyl (C=O) groups excluding carboxylic acids is 4. The molecule has 0 aliphatic carbocycles. The van der Waals surface area contributed by atoms with E-state index in [0.717, 1.165) is 0 Å². The first-order valence-corrected chi connectivity index (χ1v) is 10.5. The Morgan fingerprint density at radius 2 is 1.48 bits per heavy atom. The number of carbonyl (C=O) groups is 5. The summed E-state index contributed by atoms with van der Waals surface area (Å²) in [7, 11) is 0. The number of carboxylic acid groups (broad SMARTS) is 1. The number of hydrogen-bond acceptors (Lipinski definition) is 8. The van der Waals surface area contributed by atoms with Crippen LogP contribution in [0.4, 0.5) is 0 Å². The fraction of sp³-hybridized carbons (Fsp3) is 0.722. The van der Waals surface area contributed by atoms with Crippen molar-refractivity contribution in [2.75, 3.05) is 5.75 Å². The van der Waals surface area contributed by atoms with Crippen LogP contribution in [0.3, 0.4) is 0 Å². The van der Waals surface area contributed by atoms with E-state index in [9.17, 15) is 34.2 Å². The van der Waals surface area contributed by atoms with E-state index < -0.39 is 65.8 Å². The molecule has 0 radical (unpaired) electrons. The summed E-state index contributed by atoms with van der Waals surface area (Å²) >= 11 is 3.90. The van der Waals surface area contributed by atoms with Crippen LogP contribution in [0.1, 0.15) is 40.0 Å². The van der Waals surface area contributed by atoms with Crippen molar-refractivity contribution in [1.29, 1.82) is 0 Å². The largest absolute Gasteiger partial charge is 0.480 e. The highest BCUT2D eigenvalue weighted by molar-refractivity contribution is 7.80. The lowest BCUT2D eigenvalue weighted by Gasteiger charge is -2.28. The third kappa shape index (κ3) is 9.98. The van der Waals surface area contributed by atoms with Gasteiger partial charge in [-0.25, -0.2) is 4.79 Å². The van der Waals surface area contributed by atoms with E-state index in [4.69, 9.17) is 11.5 Å². The van der Waals surface area contributed by atoms with Crippen molar-refractivity contribution in [3.8, 4) is 0 Å². The van der Waals surface area contributed by atoms with Crippen LogP contribution in [0.15, 0.2) is 0 Å². The van der Waals surface area contributed by atoms with E-state index in [-0.39, 0.29) is 18.6 Å². The van der Waals surface area contributed by atoms with Gasteiger partial charge in [-0.2, -0.15) is 12.6 Å². The fourth-order valence-electron chi connectivity index (χ4n) is 2.50. The highest BCUT2D eigenvalue weighted by Gasteiger charge is 2.34. The lowest BCUT2D eigenvalue weighted by molar-refractivity contribution is -0.143. The van der Waals surface area contributed by atoms with Crippen molar-refractivity contribution in [1.82, 2.24) is 16.0 Å². The van der Waals surface area contributed by atoms with E-state index in [1.807, 2.05) is 0 Å². The first-order chi connectivity index (χ1) is 14.3. The molecule has 13 heteroatoms. The molecule has 0 rings (SSSR count). The average molecular weight is 464 g/mol. The minimum atomic E-state index is -1.40. The predicted octanol–water partition coefficient (Wildman–Crippen LogP) is -2.53. The van der Waals surface area contributed by atoms with Gasteiger partial charge in [0.2, 0.25) is 23.6 Å². The number of carboxylic acids is 1. The molecule has 6 unspecified atom stereocenters. The van der Waals surface area contributed by atoms with Gasteiger partial charge in [0.05, 0.1) is 12.1 Å². The zero-order valence-corrected chi connectivity index (χ0v) is 18.7. The van der Waals surface area contributed by atoms with Crippen molar-refractivity contribution in [3.63, 3.8) is 0 Å². The number of amides is 4. The fourth-order valence-corrected chi connectivity index (χ4v) is 2.66. The highest BCUT2D eigenvalue weighted by atomic mass is 32.1. The van der Waals surface area contributed by atoms with Crippen molar-refractivity contribution < 1.29 is 34.2 Å². The Labute approximate surface area is 186 Å². The third-order valence-corrected chi connectivity index (χ3v) is 5.08. The Morgan fingerprint density at radius 1 is 0.968 bits per heavy atom. The first-order valence-electron chi connectivity index (χ1n) is 9.82. The molecule has 0 aliphatic rings. The lowest BCUT2D eigenvalue weighted by atomic mass is 9.97. The Balaban J connectivity index is 5.46. The molecular weight excluding hydrogens is 430 g/mol. The van der Waals surface area contributed by atoms with Crippen LogP contribution in [0.5, 0.6) is 0 Å². The molecule has 0 spiro atoms. The summed E-state index contributed by atoms with van der Waals surface area (Å²) in [5.41, 5.74) is 10.6. The van der Waals surface area contributed by atoms with Crippen molar-refractivity contribution in [2.24, 2.45) is 17.4 Å². The molecule has 0 aromatic rings. The van der Waals surface area contributed by atoms with Crippen LogP contribution >= 0.6 is 12.6 Å². The zero-order chi connectivity index (χ0) is 24.3.